The predicted molar refractivity (Wildman–Crippen MR) is 77.9 cm³/mol. The molecule has 0 spiro atoms. The van der Waals surface area contributed by atoms with Gasteiger partial charge in [-0.05, 0) is 0 Å². The van der Waals surface area contributed by atoms with Gasteiger partial charge in [0.05, 0.1) is 6.20 Å². The Balaban J connectivity index is 1.99. The standard InChI is InChI=1S/C10H15N5O5S2/c1-7(16)13-22(19,20)15-4-2-14(3-5-15)10-11-6-8(21-10)9(17)12-18/h6,18H,2-5H2,1H3,(H,12,17)(H,13,16). The second-order valence-corrected chi connectivity index (χ2v) is 7.18. The number of carbonyl (C=O) groups is 2. The quantitative estimate of drug-likeness (QED) is 0.458. The number of piperazine rings is 1. The van der Waals surface area contributed by atoms with Crippen molar-refractivity contribution in [2.45, 2.75) is 6.92 Å². The molecule has 0 saturated carbocycles. The van der Waals surface area contributed by atoms with Crippen LogP contribution >= 0.6 is 11.3 Å². The highest BCUT2D eigenvalue weighted by atomic mass is 32.2. The van der Waals surface area contributed by atoms with Gasteiger partial charge in [-0.2, -0.15) is 12.7 Å². The van der Waals surface area contributed by atoms with Gasteiger partial charge < -0.3 is 4.90 Å². The van der Waals surface area contributed by atoms with E-state index in [0.29, 0.717) is 18.2 Å². The van der Waals surface area contributed by atoms with Crippen molar-refractivity contribution in [2.75, 3.05) is 31.1 Å². The van der Waals surface area contributed by atoms with E-state index in [0.717, 1.165) is 18.3 Å². The monoisotopic (exact) mass is 349 g/mol. The van der Waals surface area contributed by atoms with Gasteiger partial charge in [-0.3, -0.25) is 14.8 Å². The zero-order valence-corrected chi connectivity index (χ0v) is 13.3. The maximum Gasteiger partial charge on any atom is 0.303 e. The molecule has 10 nitrogen and oxygen atoms in total. The molecule has 2 rings (SSSR count). The maximum absolute atomic E-state index is 11.9. The Morgan fingerprint density at radius 2 is 1.95 bits per heavy atom. The van der Waals surface area contributed by atoms with E-state index < -0.39 is 22.0 Å². The normalized spacial score (nSPS) is 16.4. The third-order valence-corrected chi connectivity index (χ3v) is 5.59. The van der Waals surface area contributed by atoms with E-state index in [9.17, 15) is 18.0 Å². The van der Waals surface area contributed by atoms with E-state index >= 15 is 0 Å². The number of aromatic nitrogens is 1. The zero-order chi connectivity index (χ0) is 16.3. The van der Waals surface area contributed by atoms with Gasteiger partial charge in [-0.1, -0.05) is 11.3 Å². The lowest BCUT2D eigenvalue weighted by molar-refractivity contribution is -0.117. The summed E-state index contributed by atoms with van der Waals surface area (Å²) in [5.41, 5.74) is 1.53. The highest BCUT2D eigenvalue weighted by molar-refractivity contribution is 7.87. The Morgan fingerprint density at radius 1 is 1.32 bits per heavy atom. The fourth-order valence-corrected chi connectivity index (χ4v) is 3.93. The van der Waals surface area contributed by atoms with Crippen LogP contribution < -0.4 is 15.1 Å². The van der Waals surface area contributed by atoms with Crippen LogP contribution in [0.2, 0.25) is 0 Å². The molecular weight excluding hydrogens is 334 g/mol. The van der Waals surface area contributed by atoms with Crippen LogP contribution in [-0.2, 0) is 15.0 Å². The lowest BCUT2D eigenvalue weighted by Gasteiger charge is -2.33. The van der Waals surface area contributed by atoms with Gasteiger partial charge in [0.15, 0.2) is 5.13 Å². The third-order valence-electron chi connectivity index (χ3n) is 2.94. The first-order valence-corrected chi connectivity index (χ1v) is 8.53. The molecule has 1 aliphatic heterocycles. The van der Waals surface area contributed by atoms with Crippen LogP contribution in [0.1, 0.15) is 16.6 Å². The average Bonchev–Trinajstić information content (AvgIpc) is 2.95. The second-order valence-electron chi connectivity index (χ2n) is 4.50. The molecule has 122 valence electrons. The molecule has 22 heavy (non-hydrogen) atoms. The number of nitrogens with one attached hydrogen (secondary N) is 2. The average molecular weight is 349 g/mol. The van der Waals surface area contributed by atoms with E-state index in [-0.39, 0.29) is 18.0 Å². The van der Waals surface area contributed by atoms with Gasteiger partial charge in [-0.25, -0.2) is 15.2 Å². The summed E-state index contributed by atoms with van der Waals surface area (Å²) in [6.07, 6.45) is 1.34. The highest BCUT2D eigenvalue weighted by Crippen LogP contribution is 2.23. The minimum Gasteiger partial charge on any atom is -0.345 e. The molecule has 1 fully saturated rings. The first kappa shape index (κ1) is 16.6. The van der Waals surface area contributed by atoms with Crippen molar-refractivity contribution < 1.29 is 23.2 Å². The molecule has 3 N–H and O–H groups in total. The first-order valence-electron chi connectivity index (χ1n) is 6.27. The van der Waals surface area contributed by atoms with Crippen LogP contribution in [0.5, 0.6) is 0 Å². The van der Waals surface area contributed by atoms with Crippen molar-refractivity contribution in [1.82, 2.24) is 19.5 Å². The summed E-state index contributed by atoms with van der Waals surface area (Å²) in [6, 6.07) is 0. The van der Waals surface area contributed by atoms with Gasteiger partial charge in [0, 0.05) is 33.1 Å². The lowest BCUT2D eigenvalue weighted by atomic mass is 10.4. The minimum atomic E-state index is -3.81. The number of rotatable bonds is 4. The van der Waals surface area contributed by atoms with E-state index in [1.807, 2.05) is 9.62 Å². The van der Waals surface area contributed by atoms with Crippen LogP contribution in [0.4, 0.5) is 5.13 Å². The maximum atomic E-state index is 11.9. The summed E-state index contributed by atoms with van der Waals surface area (Å²) in [5, 5.41) is 9.13. The molecule has 0 atom stereocenters. The third kappa shape index (κ3) is 3.71. The summed E-state index contributed by atoms with van der Waals surface area (Å²) in [5.74, 6) is -1.28. The van der Waals surface area contributed by atoms with E-state index in [1.54, 1.807) is 0 Å². The summed E-state index contributed by atoms with van der Waals surface area (Å²) >= 11 is 1.10. The first-order chi connectivity index (χ1) is 10.3. The number of carbonyl (C=O) groups excluding carboxylic acids is 2. The second kappa shape index (κ2) is 6.56. The van der Waals surface area contributed by atoms with Gasteiger partial charge in [0.1, 0.15) is 4.88 Å². The van der Waals surface area contributed by atoms with Crippen LogP contribution in [-0.4, -0.2) is 60.9 Å². The van der Waals surface area contributed by atoms with Crippen LogP contribution in [0, 0.1) is 0 Å². The Bertz CT molecular complexity index is 665. The molecule has 0 bridgehead atoms. The molecule has 2 amide bonds. The molecule has 2 heterocycles. The predicted octanol–water partition coefficient (Wildman–Crippen LogP) is -1.23. The minimum absolute atomic E-state index is 0.198. The summed E-state index contributed by atoms with van der Waals surface area (Å²) in [7, 11) is -3.81. The summed E-state index contributed by atoms with van der Waals surface area (Å²) in [6.45, 7) is 2.30. The topological polar surface area (TPSA) is 132 Å². The van der Waals surface area contributed by atoms with Crippen LogP contribution in [0.25, 0.3) is 0 Å². The van der Waals surface area contributed by atoms with Crippen molar-refractivity contribution in [3.63, 3.8) is 0 Å². The molecule has 0 aliphatic carbocycles. The van der Waals surface area contributed by atoms with E-state index in [4.69, 9.17) is 5.21 Å². The van der Waals surface area contributed by atoms with Crippen molar-refractivity contribution in [2.24, 2.45) is 0 Å². The zero-order valence-electron chi connectivity index (χ0n) is 11.6. The molecule has 1 aromatic heterocycles. The van der Waals surface area contributed by atoms with Gasteiger partial charge in [0.2, 0.25) is 5.91 Å². The van der Waals surface area contributed by atoms with Crippen molar-refractivity contribution >= 4 is 38.5 Å². The molecule has 0 aromatic carbocycles. The smallest absolute Gasteiger partial charge is 0.303 e. The SMILES string of the molecule is CC(=O)NS(=O)(=O)N1CCN(c2ncc(C(=O)NO)s2)CC1. The van der Waals surface area contributed by atoms with Crippen LogP contribution in [0.3, 0.4) is 0 Å². The van der Waals surface area contributed by atoms with E-state index in [2.05, 4.69) is 4.98 Å². The molecule has 1 aliphatic rings. The fourth-order valence-electron chi connectivity index (χ4n) is 1.94. The Morgan fingerprint density at radius 3 is 2.50 bits per heavy atom. The molecule has 1 saturated heterocycles. The highest BCUT2D eigenvalue weighted by Gasteiger charge is 2.28. The number of hydrogen-bond acceptors (Lipinski definition) is 8. The van der Waals surface area contributed by atoms with E-state index in [1.165, 1.54) is 16.0 Å². The molecule has 0 unspecified atom stereocenters. The summed E-state index contributed by atoms with van der Waals surface area (Å²) < 4.78 is 26.8. The van der Waals surface area contributed by atoms with Crippen molar-refractivity contribution in [3.05, 3.63) is 11.1 Å². The molecule has 0 radical (unpaired) electrons. The molecule has 1 aromatic rings. The number of amides is 2. The number of nitrogens with zero attached hydrogens (tertiary/aromatic N) is 3. The van der Waals surface area contributed by atoms with Crippen LogP contribution in [0.15, 0.2) is 6.20 Å². The van der Waals surface area contributed by atoms with Gasteiger partial charge in [-0.15, -0.1) is 0 Å². The van der Waals surface area contributed by atoms with Crippen molar-refractivity contribution in [3.8, 4) is 0 Å². The lowest BCUT2D eigenvalue weighted by Crippen LogP contribution is -2.52. The Hall–Kier alpha value is -1.76. The van der Waals surface area contributed by atoms with Crippen molar-refractivity contribution in [1.29, 1.82) is 0 Å². The number of thiazole rings is 1. The molecular formula is C10H15N5O5S2. The summed E-state index contributed by atoms with van der Waals surface area (Å²) in [4.78, 5) is 28.3. The largest absolute Gasteiger partial charge is 0.345 e. The number of hydroxylamine groups is 1. The van der Waals surface area contributed by atoms with Gasteiger partial charge >= 0.3 is 10.2 Å². The Kier molecular flexibility index (Phi) is 4.95. The fraction of sp³-hybridized carbons (Fsp3) is 0.500. The molecule has 12 heteroatoms. The van der Waals surface area contributed by atoms with Gasteiger partial charge in [0.25, 0.3) is 5.91 Å². The Labute approximate surface area is 130 Å². The number of hydrogen-bond donors (Lipinski definition) is 3. The number of anilines is 1.